The number of carbonyl (C=O) groups is 2. The summed E-state index contributed by atoms with van der Waals surface area (Å²) in [7, 11) is 1.13. The quantitative estimate of drug-likeness (QED) is 0.563. The highest BCUT2D eigenvalue weighted by Gasteiger charge is 2.33. The molecule has 0 spiro atoms. The molecule has 2 N–H and O–H groups in total. The van der Waals surface area contributed by atoms with Gasteiger partial charge in [0.1, 0.15) is 5.75 Å². The number of methoxy groups -OCH3 is 1. The highest BCUT2D eigenvalue weighted by Crippen LogP contribution is 2.39. The fraction of sp³-hybridized carbons (Fsp3) is 0.111. The fourth-order valence-corrected chi connectivity index (χ4v) is 2.70. The molecule has 28 heavy (non-hydrogen) atoms. The Morgan fingerprint density at radius 3 is 2.50 bits per heavy atom. The summed E-state index contributed by atoms with van der Waals surface area (Å²) in [5, 5.41) is 5.84. The van der Waals surface area contributed by atoms with Gasteiger partial charge in [0, 0.05) is 22.7 Å². The summed E-state index contributed by atoms with van der Waals surface area (Å²) < 4.78 is 46.8. The molecule has 3 rings (SSSR count). The molecule has 0 fully saturated rings. The zero-order chi connectivity index (χ0) is 20.5. The van der Waals surface area contributed by atoms with Gasteiger partial charge in [-0.1, -0.05) is 11.6 Å². The van der Waals surface area contributed by atoms with E-state index in [4.69, 9.17) is 11.6 Å². The van der Waals surface area contributed by atoms with Gasteiger partial charge < -0.3 is 20.1 Å². The van der Waals surface area contributed by atoms with E-state index in [1.54, 1.807) is 0 Å². The molecule has 0 saturated heterocycles. The monoisotopic (exact) mass is 412 g/mol. The summed E-state index contributed by atoms with van der Waals surface area (Å²) in [5.41, 5.74) is 0.913. The fourth-order valence-electron chi connectivity index (χ4n) is 2.53. The van der Waals surface area contributed by atoms with Crippen LogP contribution in [0, 0.1) is 0 Å². The predicted molar refractivity (Wildman–Crippen MR) is 96.9 cm³/mol. The van der Waals surface area contributed by atoms with Crippen LogP contribution >= 0.6 is 11.6 Å². The van der Waals surface area contributed by atoms with Crippen LogP contribution in [0.2, 0.25) is 5.02 Å². The maximum Gasteiger partial charge on any atom is 0.573 e. The molecule has 2 aromatic rings. The van der Waals surface area contributed by atoms with E-state index in [0.29, 0.717) is 10.7 Å². The van der Waals surface area contributed by atoms with E-state index in [9.17, 15) is 22.8 Å². The van der Waals surface area contributed by atoms with E-state index in [1.807, 2.05) is 0 Å². The van der Waals surface area contributed by atoms with Crippen LogP contribution in [0.3, 0.4) is 0 Å². The second kappa shape index (κ2) is 7.43. The number of anilines is 3. The van der Waals surface area contributed by atoms with Gasteiger partial charge in [-0.25, -0.2) is 4.79 Å². The molecule has 10 heteroatoms. The Hall–Kier alpha value is -3.20. The average molecular weight is 413 g/mol. The zero-order valence-electron chi connectivity index (χ0n) is 14.2. The minimum Gasteiger partial charge on any atom is -0.466 e. The smallest absolute Gasteiger partial charge is 0.466 e. The number of amides is 1. The molecule has 1 aliphatic heterocycles. The van der Waals surface area contributed by atoms with Crippen LogP contribution in [0.15, 0.2) is 36.4 Å². The van der Waals surface area contributed by atoms with Crippen LogP contribution < -0.4 is 15.4 Å². The maximum atomic E-state index is 12.8. The van der Waals surface area contributed by atoms with Gasteiger partial charge in [0.25, 0.3) is 5.91 Å². The Bertz CT molecular complexity index is 990. The largest absolute Gasteiger partial charge is 0.573 e. The van der Waals surface area contributed by atoms with Crippen LogP contribution in [0.1, 0.15) is 15.9 Å². The number of hydrogen-bond acceptors (Lipinski definition) is 5. The third-order valence-corrected chi connectivity index (χ3v) is 3.95. The lowest BCUT2D eigenvalue weighted by molar-refractivity contribution is -0.274. The van der Waals surface area contributed by atoms with E-state index in [1.165, 1.54) is 24.3 Å². The van der Waals surface area contributed by atoms with Gasteiger partial charge in [0.05, 0.1) is 29.7 Å². The van der Waals surface area contributed by atoms with Crippen LogP contribution in [-0.2, 0) is 9.53 Å². The third kappa shape index (κ3) is 4.37. The number of nitrogens with one attached hydrogen (secondary N) is 2. The lowest BCUT2D eigenvalue weighted by Crippen LogP contribution is -2.18. The van der Waals surface area contributed by atoms with Crippen molar-refractivity contribution in [2.45, 2.75) is 6.36 Å². The summed E-state index contributed by atoms with van der Waals surface area (Å²) in [5.74, 6) is -1.89. The number of benzene rings is 2. The van der Waals surface area contributed by atoms with Gasteiger partial charge in [-0.05, 0) is 30.3 Å². The van der Waals surface area contributed by atoms with Crippen LogP contribution in [0.25, 0.3) is 6.08 Å². The Morgan fingerprint density at radius 1 is 1.11 bits per heavy atom. The van der Waals surface area contributed by atoms with Crippen LogP contribution in [0.5, 0.6) is 5.75 Å². The highest BCUT2D eigenvalue weighted by atomic mass is 35.5. The summed E-state index contributed by atoms with van der Waals surface area (Å²) in [4.78, 5) is 23.7. The summed E-state index contributed by atoms with van der Waals surface area (Å²) in [6, 6.07) is 6.82. The minimum atomic E-state index is -4.97. The van der Waals surface area contributed by atoms with E-state index < -0.39 is 24.0 Å². The molecule has 0 bridgehead atoms. The number of alkyl halides is 3. The Morgan fingerprint density at radius 2 is 1.82 bits per heavy atom. The molecule has 0 radical (unpaired) electrons. The first-order chi connectivity index (χ1) is 13.2. The van der Waals surface area contributed by atoms with Gasteiger partial charge in [-0.3, -0.25) is 4.79 Å². The first kappa shape index (κ1) is 19.6. The Labute approximate surface area is 161 Å². The van der Waals surface area contributed by atoms with Gasteiger partial charge in [-0.2, -0.15) is 0 Å². The molecule has 0 atom stereocenters. The summed E-state index contributed by atoms with van der Waals surface area (Å²) >= 11 is 5.96. The first-order valence-electron chi connectivity index (χ1n) is 7.74. The molecule has 2 aromatic carbocycles. The van der Waals surface area contributed by atoms with E-state index >= 15 is 0 Å². The molecule has 0 aromatic heterocycles. The maximum absolute atomic E-state index is 12.8. The molecular weight excluding hydrogens is 401 g/mol. The van der Waals surface area contributed by atoms with Crippen molar-refractivity contribution in [2.75, 3.05) is 17.7 Å². The van der Waals surface area contributed by atoms with E-state index in [0.717, 1.165) is 25.3 Å². The lowest BCUT2D eigenvalue weighted by atomic mass is 10.1. The van der Waals surface area contributed by atoms with Crippen molar-refractivity contribution in [3.63, 3.8) is 0 Å². The SMILES string of the molecule is COC(=O)/C=C/c1cc2c(cc1OC(F)(F)F)NC(=O)c1ccc(Cl)cc1N2. The molecule has 0 unspecified atom stereocenters. The summed E-state index contributed by atoms with van der Waals surface area (Å²) in [6.07, 6.45) is -2.91. The van der Waals surface area contributed by atoms with Crippen molar-refractivity contribution in [2.24, 2.45) is 0 Å². The topological polar surface area (TPSA) is 76.7 Å². The highest BCUT2D eigenvalue weighted by molar-refractivity contribution is 6.31. The second-order valence-electron chi connectivity index (χ2n) is 5.61. The van der Waals surface area contributed by atoms with E-state index in [-0.39, 0.29) is 22.5 Å². The predicted octanol–water partition coefficient (Wildman–Crippen LogP) is 4.73. The molecule has 1 heterocycles. The van der Waals surface area contributed by atoms with Crippen molar-refractivity contribution in [3.8, 4) is 5.75 Å². The third-order valence-electron chi connectivity index (χ3n) is 3.72. The number of fused-ring (bicyclic) bond motifs is 2. The molecule has 6 nitrogen and oxygen atoms in total. The number of carbonyl (C=O) groups excluding carboxylic acids is 2. The van der Waals surface area contributed by atoms with Gasteiger partial charge in [0.15, 0.2) is 0 Å². The van der Waals surface area contributed by atoms with Crippen molar-refractivity contribution in [1.82, 2.24) is 0 Å². The molecule has 146 valence electrons. The number of hydrogen-bond donors (Lipinski definition) is 2. The number of esters is 1. The summed E-state index contributed by atoms with van der Waals surface area (Å²) in [6.45, 7) is 0. The average Bonchev–Trinajstić information content (AvgIpc) is 2.73. The van der Waals surface area contributed by atoms with Gasteiger partial charge in [-0.15, -0.1) is 13.2 Å². The standard InChI is InChI=1S/C18H12ClF3N2O4/c1-27-16(25)5-2-9-6-13-14(8-15(9)28-18(20,21)22)24-17(26)11-4-3-10(19)7-12(11)23-13/h2-8,23H,1H3,(H,24,26)/b5-2+. The van der Waals surface area contributed by atoms with Crippen LogP contribution in [-0.4, -0.2) is 25.3 Å². The number of rotatable bonds is 3. The van der Waals surface area contributed by atoms with Crippen molar-refractivity contribution < 1.29 is 32.2 Å². The molecule has 0 saturated carbocycles. The zero-order valence-corrected chi connectivity index (χ0v) is 14.9. The minimum absolute atomic E-state index is 0.0614. The van der Waals surface area contributed by atoms with Crippen LogP contribution in [0.4, 0.5) is 30.2 Å². The molecule has 1 amide bonds. The number of ether oxygens (including phenoxy) is 2. The van der Waals surface area contributed by atoms with Crippen molar-refractivity contribution in [3.05, 3.63) is 52.6 Å². The van der Waals surface area contributed by atoms with Crippen molar-refractivity contribution >= 4 is 46.6 Å². The van der Waals surface area contributed by atoms with Crippen molar-refractivity contribution in [1.29, 1.82) is 0 Å². The first-order valence-corrected chi connectivity index (χ1v) is 8.12. The molecule has 1 aliphatic rings. The second-order valence-corrected chi connectivity index (χ2v) is 6.05. The van der Waals surface area contributed by atoms with Gasteiger partial charge >= 0.3 is 12.3 Å². The molecular formula is C18H12ClF3N2O4. The number of halogens is 4. The Balaban J connectivity index is 2.11. The molecule has 0 aliphatic carbocycles. The normalized spacial score (nSPS) is 13.1. The lowest BCUT2D eigenvalue weighted by Gasteiger charge is -2.16. The van der Waals surface area contributed by atoms with E-state index in [2.05, 4.69) is 20.1 Å². The van der Waals surface area contributed by atoms with Gasteiger partial charge in [0.2, 0.25) is 0 Å². The Kier molecular flexibility index (Phi) is 5.19.